The van der Waals surface area contributed by atoms with Gasteiger partial charge in [-0.3, -0.25) is 14.1 Å². The van der Waals surface area contributed by atoms with E-state index in [0.717, 1.165) is 42.7 Å². The highest BCUT2D eigenvalue weighted by molar-refractivity contribution is 5.63. The van der Waals surface area contributed by atoms with Crippen LogP contribution in [0.25, 0.3) is 11.3 Å². The highest BCUT2D eigenvalue weighted by atomic mass is 15.0. The average molecular weight is 698 g/mol. The molecule has 0 amide bonds. The van der Waals surface area contributed by atoms with E-state index in [1.54, 1.807) is 0 Å². The van der Waals surface area contributed by atoms with Crippen LogP contribution in [0.5, 0.6) is 0 Å². The molecule has 1 unspecified atom stereocenters. The van der Waals surface area contributed by atoms with Gasteiger partial charge < -0.3 is 0 Å². The van der Waals surface area contributed by atoms with Crippen molar-refractivity contribution in [1.82, 2.24) is 4.98 Å². The van der Waals surface area contributed by atoms with Crippen molar-refractivity contribution >= 4 is 13.4 Å². The number of hydrogen-bond acceptors (Lipinski definition) is 1. The van der Waals surface area contributed by atoms with Crippen molar-refractivity contribution < 1.29 is 9.15 Å². The van der Waals surface area contributed by atoms with Gasteiger partial charge in [0, 0.05) is 11.8 Å². The monoisotopic (exact) mass is 697 g/mol. The van der Waals surface area contributed by atoms with Gasteiger partial charge in [-0.1, -0.05) is 104 Å². The summed E-state index contributed by atoms with van der Waals surface area (Å²) in [4.78, 5) is 4.89. The minimum atomic E-state index is 0.732. The first kappa shape index (κ1) is 36.2. The fraction of sp³-hybridized carbons (Fsp3) is 0.300. The molecule has 4 aromatic rings. The normalized spacial score (nSPS) is 20.1. The predicted octanol–water partition coefficient (Wildman–Crippen LogP) is 11.7. The highest BCUT2D eigenvalue weighted by Gasteiger charge is 2.29. The van der Waals surface area contributed by atoms with Gasteiger partial charge in [0.2, 0.25) is 0 Å². The van der Waals surface area contributed by atoms with Crippen molar-refractivity contribution in [1.29, 1.82) is 0 Å². The molecule has 1 aromatic heterocycles. The zero-order valence-corrected chi connectivity index (χ0v) is 32.0. The van der Waals surface area contributed by atoms with Crippen molar-refractivity contribution in [2.24, 2.45) is 17.8 Å². The second-order valence-electron chi connectivity index (χ2n) is 15.7. The van der Waals surface area contributed by atoms with Gasteiger partial charge in [-0.15, -0.1) is 12.1 Å². The maximum Gasteiger partial charge on any atom is 0.147 e. The lowest BCUT2D eigenvalue weighted by atomic mass is 9.70. The zero-order valence-electron chi connectivity index (χ0n) is 32.0. The molecule has 3 aliphatic rings. The molecule has 3 heteroatoms. The number of aryl methyl sites for hydroxylation is 4. The quantitative estimate of drug-likeness (QED) is 0.106. The topological polar surface area (TPSA) is 18.9 Å². The number of nitrogens with zero attached hydrogens (tertiary/aromatic N) is 3. The Labute approximate surface area is 318 Å². The molecule has 0 bridgehead atoms. The minimum absolute atomic E-state index is 0.732. The molecule has 0 radical (unpaired) electrons. The van der Waals surface area contributed by atoms with Crippen LogP contribution in [0.4, 0.5) is 0 Å². The van der Waals surface area contributed by atoms with E-state index < -0.39 is 0 Å². The first-order chi connectivity index (χ1) is 25.8. The zero-order chi connectivity index (χ0) is 36.7. The Hall–Kier alpha value is -5.15. The standard InChI is InChI=1S/C50H55N3/c1-36-12-6-9-15-45(36)48-27-24-39(33-51-48)18-21-42-30-43(22-19-40-25-28-49(52(4)34-40)46-16-10-7-13-37(46)2)32-44(31-42)23-20-41-26-29-50(53(5)35-41)47-17-11-8-14-38(47)3/h6-17,24-29,33-35,42-44H,4-5,18-23,30-32H2,1-3H3/t42?,43-,44+. The Balaban J connectivity index is 0.992. The predicted molar refractivity (Wildman–Crippen MR) is 222 cm³/mol. The molecule has 2 aliphatic heterocycles. The van der Waals surface area contributed by atoms with Gasteiger partial charge in [-0.25, -0.2) is 0 Å². The van der Waals surface area contributed by atoms with Crippen molar-refractivity contribution in [3.05, 3.63) is 184 Å². The maximum absolute atomic E-state index is 4.89. The molecule has 1 aliphatic carbocycles. The van der Waals surface area contributed by atoms with E-state index in [2.05, 4.69) is 171 Å². The largest absolute Gasteiger partial charge is 0.256 e. The van der Waals surface area contributed by atoms with Crippen LogP contribution in [0.15, 0.2) is 139 Å². The Bertz CT molecular complexity index is 1960. The first-order valence-electron chi connectivity index (χ1n) is 19.6. The van der Waals surface area contributed by atoms with Crippen molar-refractivity contribution in [2.75, 3.05) is 0 Å². The van der Waals surface area contributed by atoms with Crippen LogP contribution >= 0.6 is 0 Å². The summed E-state index contributed by atoms with van der Waals surface area (Å²) >= 11 is 0. The van der Waals surface area contributed by atoms with Crippen molar-refractivity contribution in [3.8, 4) is 11.3 Å². The number of aromatic nitrogens is 1. The molecule has 53 heavy (non-hydrogen) atoms. The van der Waals surface area contributed by atoms with E-state index in [1.807, 2.05) is 0 Å². The third-order valence-corrected chi connectivity index (χ3v) is 11.8. The lowest BCUT2D eigenvalue weighted by Crippen LogP contribution is -2.24. The molecule has 270 valence electrons. The number of allylic oxidation sites excluding steroid dienone is 4. The summed E-state index contributed by atoms with van der Waals surface area (Å²) in [6, 6.07) is 32.5. The van der Waals surface area contributed by atoms with Gasteiger partial charge >= 0.3 is 0 Å². The summed E-state index contributed by atoms with van der Waals surface area (Å²) in [5, 5.41) is 0. The summed E-state index contributed by atoms with van der Waals surface area (Å²) in [5.74, 6) is 2.20. The van der Waals surface area contributed by atoms with Gasteiger partial charge in [0.1, 0.15) is 24.5 Å². The van der Waals surface area contributed by atoms with E-state index in [9.17, 15) is 0 Å². The molecule has 3 aromatic carbocycles. The molecule has 3 atom stereocenters. The SMILES string of the molecule is C=[N+]1C=C(CC[C@@H]2CC(CCc3ccc(-c4ccccc4C)nc3)C[C@H](CCC3=C[N+](=C)[C-](c4ccccc4C)C=C3)C2)C=C[C-]1c1ccccc1C. The van der Waals surface area contributed by atoms with Crippen molar-refractivity contribution in [3.63, 3.8) is 0 Å². The summed E-state index contributed by atoms with van der Waals surface area (Å²) in [6.45, 7) is 15.3. The molecule has 0 saturated heterocycles. The fourth-order valence-electron chi connectivity index (χ4n) is 8.81. The van der Waals surface area contributed by atoms with Crippen molar-refractivity contribution in [2.45, 2.75) is 78.6 Å². The molecule has 3 nitrogen and oxygen atoms in total. The lowest BCUT2D eigenvalue weighted by molar-refractivity contribution is -0.419. The molecule has 1 fully saturated rings. The van der Waals surface area contributed by atoms with Gasteiger partial charge in [0.25, 0.3) is 0 Å². The number of benzene rings is 3. The molecular formula is C50H55N3. The molecule has 3 heterocycles. The number of rotatable bonds is 12. The maximum atomic E-state index is 4.89. The van der Waals surface area contributed by atoms with Crippen LogP contribution in [0.3, 0.4) is 0 Å². The summed E-state index contributed by atoms with van der Waals surface area (Å²) < 4.78 is 4.14. The third kappa shape index (κ3) is 8.91. The molecule has 1 saturated carbocycles. The smallest absolute Gasteiger partial charge is 0.147 e. The third-order valence-electron chi connectivity index (χ3n) is 11.8. The lowest BCUT2D eigenvalue weighted by Gasteiger charge is -2.36. The second-order valence-corrected chi connectivity index (χ2v) is 15.7. The fourth-order valence-corrected chi connectivity index (χ4v) is 8.81. The van der Waals surface area contributed by atoms with Crippen LogP contribution in [0.2, 0.25) is 0 Å². The number of pyridine rings is 1. The summed E-state index contributed by atoms with van der Waals surface area (Å²) in [5.41, 5.74) is 12.7. The highest BCUT2D eigenvalue weighted by Crippen LogP contribution is 2.41. The van der Waals surface area contributed by atoms with Crippen LogP contribution in [-0.4, -0.2) is 27.6 Å². The van der Waals surface area contributed by atoms with Gasteiger partial charge in [0.05, 0.1) is 19.1 Å². The molecule has 0 N–H and O–H groups in total. The second kappa shape index (κ2) is 16.7. The van der Waals surface area contributed by atoms with E-state index in [1.165, 1.54) is 101 Å². The van der Waals surface area contributed by atoms with Crippen LogP contribution in [0, 0.1) is 50.6 Å². The van der Waals surface area contributed by atoms with Crippen LogP contribution in [0.1, 0.15) is 84.7 Å². The van der Waals surface area contributed by atoms with E-state index in [0.29, 0.717) is 0 Å². The molecular weight excluding hydrogens is 643 g/mol. The van der Waals surface area contributed by atoms with Crippen LogP contribution < -0.4 is 0 Å². The van der Waals surface area contributed by atoms with E-state index >= 15 is 0 Å². The first-order valence-corrected chi connectivity index (χ1v) is 19.6. The average Bonchev–Trinajstić information content (AvgIpc) is 3.17. The van der Waals surface area contributed by atoms with Gasteiger partial charge in [-0.05, 0) is 134 Å². The molecule has 7 rings (SSSR count). The Morgan fingerprint density at radius 2 is 1.06 bits per heavy atom. The van der Waals surface area contributed by atoms with E-state index in [4.69, 9.17) is 4.98 Å². The molecule has 0 spiro atoms. The van der Waals surface area contributed by atoms with Crippen LogP contribution in [-0.2, 0) is 6.42 Å². The minimum Gasteiger partial charge on any atom is -0.256 e. The Morgan fingerprint density at radius 3 is 1.51 bits per heavy atom. The Kier molecular flexibility index (Phi) is 11.4. The summed E-state index contributed by atoms with van der Waals surface area (Å²) in [7, 11) is 0. The summed E-state index contributed by atoms with van der Waals surface area (Å²) in [6.07, 6.45) is 26.7. The Morgan fingerprint density at radius 1 is 0.585 bits per heavy atom. The van der Waals surface area contributed by atoms with E-state index in [-0.39, 0.29) is 0 Å². The van der Waals surface area contributed by atoms with Gasteiger partial charge in [0.15, 0.2) is 0 Å². The number of hydrogen-bond donors (Lipinski definition) is 0. The van der Waals surface area contributed by atoms with Gasteiger partial charge in [-0.2, -0.15) is 0 Å².